The summed E-state index contributed by atoms with van der Waals surface area (Å²) >= 11 is 0. The number of ether oxygens (including phenoxy) is 1. The quantitative estimate of drug-likeness (QED) is 0.913. The predicted molar refractivity (Wildman–Crippen MR) is 84.9 cm³/mol. The lowest BCUT2D eigenvalue weighted by molar-refractivity contribution is 0.0987. The van der Waals surface area contributed by atoms with Crippen molar-refractivity contribution >= 4 is 24.0 Å². The summed E-state index contributed by atoms with van der Waals surface area (Å²) in [4.78, 5) is 14.0. The van der Waals surface area contributed by atoms with Gasteiger partial charge in [-0.25, -0.2) is 4.68 Å². The highest BCUT2D eigenvalue weighted by molar-refractivity contribution is 6.05. The Hall–Kier alpha value is -2.12. The summed E-state index contributed by atoms with van der Waals surface area (Å²) in [6.07, 6.45) is 1.69. The fourth-order valence-electron chi connectivity index (χ4n) is 2.20. The average molecular weight is 324 g/mol. The molecule has 8 heteroatoms. The van der Waals surface area contributed by atoms with Gasteiger partial charge in [0.2, 0.25) is 0 Å². The van der Waals surface area contributed by atoms with Crippen LogP contribution >= 0.6 is 12.4 Å². The Morgan fingerprint density at radius 3 is 2.77 bits per heavy atom. The van der Waals surface area contributed by atoms with Crippen molar-refractivity contribution in [3.8, 4) is 5.75 Å². The number of amides is 1. The van der Waals surface area contributed by atoms with Crippen LogP contribution in [0.5, 0.6) is 5.75 Å². The fourth-order valence-corrected chi connectivity index (χ4v) is 2.20. The Morgan fingerprint density at radius 2 is 2.14 bits per heavy atom. The summed E-state index contributed by atoms with van der Waals surface area (Å²) in [6, 6.07) is 7.65. The molecule has 1 saturated heterocycles. The van der Waals surface area contributed by atoms with Crippen molar-refractivity contribution in [2.24, 2.45) is 0 Å². The van der Waals surface area contributed by atoms with E-state index in [0.29, 0.717) is 17.1 Å². The molecule has 0 aliphatic carbocycles. The number of benzene rings is 1. The van der Waals surface area contributed by atoms with Crippen LogP contribution in [0.3, 0.4) is 0 Å². The molecule has 1 aromatic heterocycles. The van der Waals surface area contributed by atoms with Crippen molar-refractivity contribution < 1.29 is 9.53 Å². The molecule has 0 radical (unpaired) electrons. The van der Waals surface area contributed by atoms with Gasteiger partial charge in [0, 0.05) is 20.1 Å². The van der Waals surface area contributed by atoms with E-state index in [9.17, 15) is 4.79 Å². The van der Waals surface area contributed by atoms with Crippen LogP contribution in [0, 0.1) is 0 Å². The maximum Gasteiger partial charge on any atom is 0.280 e. The molecule has 1 fully saturated rings. The Morgan fingerprint density at radius 1 is 1.41 bits per heavy atom. The van der Waals surface area contributed by atoms with Crippen molar-refractivity contribution in [3.63, 3.8) is 0 Å². The Labute approximate surface area is 134 Å². The van der Waals surface area contributed by atoms with Crippen molar-refractivity contribution in [3.05, 3.63) is 36.2 Å². The van der Waals surface area contributed by atoms with Gasteiger partial charge in [0.15, 0.2) is 5.69 Å². The summed E-state index contributed by atoms with van der Waals surface area (Å²) in [6.45, 7) is 1.72. The van der Waals surface area contributed by atoms with Gasteiger partial charge in [-0.3, -0.25) is 4.79 Å². The molecule has 0 unspecified atom stereocenters. The van der Waals surface area contributed by atoms with Crippen LogP contribution < -0.4 is 15.0 Å². The molecule has 0 atom stereocenters. The van der Waals surface area contributed by atoms with Crippen LogP contribution in [-0.4, -0.2) is 48.1 Å². The monoisotopic (exact) mass is 323 g/mol. The Balaban J connectivity index is 0.00000176. The standard InChI is InChI=1S/C14H17N5O2.ClH/c1-18(12-5-3-4-6-13(12)21-2)14(20)11-9-19(17-16-11)10-7-15-8-10;/h3-6,9-10,15H,7-8H2,1-2H3;1H. The van der Waals surface area contributed by atoms with Gasteiger partial charge in [-0.2, -0.15) is 0 Å². The van der Waals surface area contributed by atoms with E-state index in [1.165, 1.54) is 4.90 Å². The highest BCUT2D eigenvalue weighted by Gasteiger charge is 2.24. The second-order valence-corrected chi connectivity index (χ2v) is 4.93. The molecule has 2 aromatic rings. The first-order chi connectivity index (χ1) is 10.2. The molecule has 1 aliphatic rings. The smallest absolute Gasteiger partial charge is 0.280 e. The summed E-state index contributed by atoms with van der Waals surface area (Å²) in [7, 11) is 3.28. The second-order valence-electron chi connectivity index (χ2n) is 4.93. The van der Waals surface area contributed by atoms with Crippen molar-refractivity contribution in [2.75, 3.05) is 32.1 Å². The van der Waals surface area contributed by atoms with E-state index in [2.05, 4.69) is 15.6 Å². The maximum atomic E-state index is 12.5. The predicted octanol–water partition coefficient (Wildman–Crippen LogP) is 1.13. The largest absolute Gasteiger partial charge is 0.495 e. The number of hydrogen-bond acceptors (Lipinski definition) is 5. The molecule has 0 bridgehead atoms. The van der Waals surface area contributed by atoms with Crippen molar-refractivity contribution in [1.29, 1.82) is 0 Å². The highest BCUT2D eigenvalue weighted by Crippen LogP contribution is 2.27. The first-order valence-corrected chi connectivity index (χ1v) is 6.74. The zero-order valence-electron chi connectivity index (χ0n) is 12.4. The average Bonchev–Trinajstić information content (AvgIpc) is 2.93. The van der Waals surface area contributed by atoms with E-state index in [1.54, 1.807) is 25.0 Å². The van der Waals surface area contributed by atoms with Gasteiger partial charge >= 0.3 is 0 Å². The topological polar surface area (TPSA) is 72.3 Å². The molecule has 0 spiro atoms. The number of anilines is 1. The summed E-state index contributed by atoms with van der Waals surface area (Å²) in [5, 5.41) is 11.2. The lowest BCUT2D eigenvalue weighted by Crippen LogP contribution is -2.43. The number of rotatable bonds is 4. The minimum absolute atomic E-state index is 0. The Kier molecular flexibility index (Phi) is 4.99. The van der Waals surface area contributed by atoms with Gasteiger partial charge in [0.05, 0.1) is 25.0 Å². The summed E-state index contributed by atoms with van der Waals surface area (Å²) in [5.74, 6) is 0.432. The molecule has 3 rings (SSSR count). The SMILES string of the molecule is COc1ccccc1N(C)C(=O)c1cn(C2CNC2)nn1.Cl. The van der Waals surface area contributed by atoms with E-state index in [4.69, 9.17) is 4.74 Å². The van der Waals surface area contributed by atoms with Crippen LogP contribution in [0.25, 0.3) is 0 Å². The molecule has 1 aliphatic heterocycles. The normalized spacial score (nSPS) is 13.9. The fraction of sp³-hybridized carbons (Fsp3) is 0.357. The number of methoxy groups -OCH3 is 1. The molecular weight excluding hydrogens is 306 g/mol. The lowest BCUT2D eigenvalue weighted by Gasteiger charge is -2.26. The van der Waals surface area contributed by atoms with Crippen LogP contribution in [0.4, 0.5) is 5.69 Å². The molecular formula is C14H18ClN5O2. The molecule has 118 valence electrons. The van der Waals surface area contributed by atoms with Gasteiger partial charge in [-0.15, -0.1) is 17.5 Å². The van der Waals surface area contributed by atoms with Crippen LogP contribution in [0.15, 0.2) is 30.5 Å². The first-order valence-electron chi connectivity index (χ1n) is 6.74. The second kappa shape index (κ2) is 6.76. The third-order valence-electron chi connectivity index (χ3n) is 3.61. The van der Waals surface area contributed by atoms with Crippen LogP contribution in [0.2, 0.25) is 0 Å². The van der Waals surface area contributed by atoms with E-state index >= 15 is 0 Å². The molecule has 7 nitrogen and oxygen atoms in total. The first kappa shape index (κ1) is 16.3. The number of nitrogens with zero attached hydrogens (tertiary/aromatic N) is 4. The molecule has 1 aromatic carbocycles. The number of nitrogens with one attached hydrogen (secondary N) is 1. The van der Waals surface area contributed by atoms with Gasteiger partial charge in [0.1, 0.15) is 5.75 Å². The van der Waals surface area contributed by atoms with Crippen molar-refractivity contribution in [1.82, 2.24) is 20.3 Å². The van der Waals surface area contributed by atoms with Crippen LogP contribution in [0.1, 0.15) is 16.5 Å². The molecule has 0 saturated carbocycles. The van der Waals surface area contributed by atoms with Gasteiger partial charge < -0.3 is 15.0 Å². The third kappa shape index (κ3) is 2.90. The van der Waals surface area contributed by atoms with Gasteiger partial charge in [-0.05, 0) is 12.1 Å². The number of para-hydroxylation sites is 2. The number of halogens is 1. The van der Waals surface area contributed by atoms with Crippen LogP contribution in [-0.2, 0) is 0 Å². The number of hydrogen-bond donors (Lipinski definition) is 1. The summed E-state index contributed by atoms with van der Waals surface area (Å²) < 4.78 is 7.01. The zero-order chi connectivity index (χ0) is 14.8. The Bertz CT molecular complexity index is 656. The minimum Gasteiger partial charge on any atom is -0.495 e. The summed E-state index contributed by atoms with van der Waals surface area (Å²) in [5.41, 5.74) is 1.03. The third-order valence-corrected chi connectivity index (χ3v) is 3.61. The van der Waals surface area contributed by atoms with E-state index in [-0.39, 0.29) is 24.4 Å². The van der Waals surface area contributed by atoms with E-state index in [1.807, 2.05) is 24.3 Å². The molecule has 1 N–H and O–H groups in total. The molecule has 2 heterocycles. The van der Waals surface area contributed by atoms with E-state index < -0.39 is 0 Å². The molecule has 1 amide bonds. The highest BCUT2D eigenvalue weighted by atomic mass is 35.5. The lowest BCUT2D eigenvalue weighted by atomic mass is 10.2. The zero-order valence-corrected chi connectivity index (χ0v) is 13.2. The number of carbonyl (C=O) groups is 1. The minimum atomic E-state index is -0.210. The van der Waals surface area contributed by atoms with Gasteiger partial charge in [0.25, 0.3) is 5.91 Å². The van der Waals surface area contributed by atoms with Crippen molar-refractivity contribution in [2.45, 2.75) is 6.04 Å². The number of carbonyl (C=O) groups excluding carboxylic acids is 1. The number of aromatic nitrogens is 3. The van der Waals surface area contributed by atoms with Gasteiger partial charge in [-0.1, -0.05) is 17.3 Å². The molecule has 22 heavy (non-hydrogen) atoms. The maximum absolute atomic E-state index is 12.5. The van der Waals surface area contributed by atoms with E-state index in [0.717, 1.165) is 13.1 Å².